The third-order valence-corrected chi connectivity index (χ3v) is 3.60. The number of benzene rings is 1. The smallest absolute Gasteiger partial charge is 0.119 e. The summed E-state index contributed by atoms with van der Waals surface area (Å²) in [7, 11) is 2.03. The molecular weight excluding hydrogens is 250 g/mol. The zero-order valence-corrected chi connectivity index (χ0v) is 12.0. The third-order valence-electron chi connectivity index (χ3n) is 3.60. The van der Waals surface area contributed by atoms with Crippen molar-refractivity contribution in [2.45, 2.75) is 31.9 Å². The maximum absolute atomic E-state index is 5.80. The molecule has 0 amide bonds. The molecular formula is C16H21N3O. The van der Waals surface area contributed by atoms with E-state index in [-0.39, 0.29) is 6.04 Å². The first kappa shape index (κ1) is 13.2. The monoisotopic (exact) mass is 271 g/mol. The number of ether oxygens (including phenoxy) is 1. The van der Waals surface area contributed by atoms with Crippen LogP contribution in [-0.2, 0) is 7.05 Å². The van der Waals surface area contributed by atoms with Crippen LogP contribution in [0.5, 0.6) is 5.75 Å². The molecule has 1 unspecified atom stereocenters. The Labute approximate surface area is 119 Å². The van der Waals surface area contributed by atoms with Gasteiger partial charge in [0, 0.05) is 7.05 Å². The van der Waals surface area contributed by atoms with Crippen molar-refractivity contribution in [1.29, 1.82) is 0 Å². The van der Waals surface area contributed by atoms with Crippen LogP contribution in [0, 0.1) is 0 Å². The quantitative estimate of drug-likeness (QED) is 0.878. The lowest BCUT2D eigenvalue weighted by atomic mass is 10.0. The van der Waals surface area contributed by atoms with Gasteiger partial charge in [-0.3, -0.25) is 0 Å². The summed E-state index contributed by atoms with van der Waals surface area (Å²) in [4.78, 5) is 4.21. The minimum absolute atomic E-state index is 0.169. The Kier molecular flexibility index (Phi) is 3.74. The molecule has 2 aromatic rings. The Morgan fingerprint density at radius 1 is 1.35 bits per heavy atom. The van der Waals surface area contributed by atoms with Gasteiger partial charge in [0.15, 0.2) is 0 Å². The zero-order valence-electron chi connectivity index (χ0n) is 12.0. The number of imidazole rings is 1. The molecule has 1 saturated carbocycles. The second-order valence-corrected chi connectivity index (χ2v) is 5.31. The molecule has 1 heterocycles. The van der Waals surface area contributed by atoms with E-state index in [4.69, 9.17) is 4.74 Å². The van der Waals surface area contributed by atoms with E-state index in [0.717, 1.165) is 12.3 Å². The maximum atomic E-state index is 5.80. The number of nitrogens with one attached hydrogen (secondary N) is 1. The second-order valence-electron chi connectivity index (χ2n) is 5.31. The molecule has 4 heteroatoms. The van der Waals surface area contributed by atoms with Crippen molar-refractivity contribution >= 4 is 0 Å². The van der Waals surface area contributed by atoms with E-state index < -0.39 is 0 Å². The molecule has 1 aliphatic rings. The molecule has 1 aliphatic carbocycles. The number of rotatable bonds is 6. The van der Waals surface area contributed by atoms with E-state index in [1.54, 1.807) is 0 Å². The van der Waals surface area contributed by atoms with Crippen molar-refractivity contribution in [3.63, 3.8) is 0 Å². The van der Waals surface area contributed by atoms with Crippen LogP contribution in [0.2, 0.25) is 0 Å². The van der Waals surface area contributed by atoms with E-state index in [9.17, 15) is 0 Å². The number of nitrogens with zero attached hydrogens (tertiary/aromatic N) is 2. The highest BCUT2D eigenvalue weighted by molar-refractivity contribution is 5.33. The van der Waals surface area contributed by atoms with Crippen molar-refractivity contribution in [2.75, 3.05) is 6.54 Å². The van der Waals surface area contributed by atoms with Crippen LogP contribution in [0.1, 0.15) is 37.1 Å². The first-order valence-corrected chi connectivity index (χ1v) is 7.24. The lowest BCUT2D eigenvalue weighted by molar-refractivity contribution is 0.303. The van der Waals surface area contributed by atoms with Crippen LogP contribution in [-0.4, -0.2) is 22.2 Å². The number of aromatic nitrogens is 2. The summed E-state index contributed by atoms with van der Waals surface area (Å²) in [5.74, 6) is 0.969. The second kappa shape index (κ2) is 5.67. The van der Waals surface area contributed by atoms with Crippen molar-refractivity contribution in [1.82, 2.24) is 14.9 Å². The predicted octanol–water partition coefficient (Wildman–Crippen LogP) is 2.66. The minimum atomic E-state index is 0.169. The van der Waals surface area contributed by atoms with E-state index in [1.165, 1.54) is 24.1 Å². The average molecular weight is 271 g/mol. The highest BCUT2D eigenvalue weighted by atomic mass is 16.5. The molecule has 3 rings (SSSR count). The number of hydrogen-bond acceptors (Lipinski definition) is 3. The maximum Gasteiger partial charge on any atom is 0.119 e. The van der Waals surface area contributed by atoms with Gasteiger partial charge in [-0.25, -0.2) is 4.98 Å². The fraction of sp³-hybridized carbons (Fsp3) is 0.438. The Morgan fingerprint density at radius 2 is 2.10 bits per heavy atom. The van der Waals surface area contributed by atoms with E-state index in [1.807, 2.05) is 19.6 Å². The average Bonchev–Trinajstić information content (AvgIpc) is 3.17. The first-order chi connectivity index (χ1) is 9.78. The van der Waals surface area contributed by atoms with Crippen molar-refractivity contribution in [2.24, 2.45) is 7.05 Å². The van der Waals surface area contributed by atoms with E-state index in [0.29, 0.717) is 6.10 Å². The Morgan fingerprint density at radius 3 is 2.65 bits per heavy atom. The van der Waals surface area contributed by atoms with Gasteiger partial charge in [0.05, 0.1) is 30.4 Å². The van der Waals surface area contributed by atoms with Gasteiger partial charge in [-0.1, -0.05) is 19.1 Å². The molecule has 1 N–H and O–H groups in total. The Hall–Kier alpha value is -1.81. The summed E-state index contributed by atoms with van der Waals surface area (Å²) in [5.41, 5.74) is 2.40. The topological polar surface area (TPSA) is 39.1 Å². The molecule has 1 aromatic carbocycles. The normalized spacial score (nSPS) is 16.1. The van der Waals surface area contributed by atoms with Gasteiger partial charge in [0.25, 0.3) is 0 Å². The van der Waals surface area contributed by atoms with Gasteiger partial charge in [-0.05, 0) is 37.1 Å². The molecule has 0 spiro atoms. The third kappa shape index (κ3) is 2.85. The molecule has 1 atom stereocenters. The SMILES string of the molecule is CCNC(c1ccc(OC2CC2)cc1)c1cncn1C. The van der Waals surface area contributed by atoms with Crippen LogP contribution in [0.25, 0.3) is 0 Å². The van der Waals surface area contributed by atoms with Crippen LogP contribution in [0.3, 0.4) is 0 Å². The molecule has 0 bridgehead atoms. The molecule has 0 aliphatic heterocycles. The summed E-state index contributed by atoms with van der Waals surface area (Å²) >= 11 is 0. The molecule has 4 nitrogen and oxygen atoms in total. The van der Waals surface area contributed by atoms with E-state index >= 15 is 0 Å². The standard InChI is InChI=1S/C16H21N3O/c1-3-18-16(15-10-17-11-19(15)2)12-4-6-13(7-5-12)20-14-8-9-14/h4-7,10-11,14,16,18H,3,8-9H2,1-2H3. The highest BCUT2D eigenvalue weighted by Crippen LogP contribution is 2.28. The molecule has 106 valence electrons. The van der Waals surface area contributed by atoms with Gasteiger partial charge >= 0.3 is 0 Å². The summed E-state index contributed by atoms with van der Waals surface area (Å²) in [5, 5.41) is 3.51. The predicted molar refractivity (Wildman–Crippen MR) is 78.8 cm³/mol. The summed E-state index contributed by atoms with van der Waals surface area (Å²) in [6.45, 7) is 3.03. The van der Waals surface area contributed by atoms with Crippen LogP contribution in [0.15, 0.2) is 36.8 Å². The lowest BCUT2D eigenvalue weighted by Gasteiger charge is -2.19. The molecule has 0 radical (unpaired) electrons. The lowest BCUT2D eigenvalue weighted by Crippen LogP contribution is -2.23. The summed E-state index contributed by atoms with van der Waals surface area (Å²) < 4.78 is 7.85. The molecule has 20 heavy (non-hydrogen) atoms. The highest BCUT2D eigenvalue weighted by Gasteiger charge is 2.23. The van der Waals surface area contributed by atoms with Gasteiger partial charge in [-0.2, -0.15) is 0 Å². The Balaban J connectivity index is 1.81. The zero-order chi connectivity index (χ0) is 13.9. The molecule has 0 saturated heterocycles. The molecule has 1 fully saturated rings. The summed E-state index contributed by atoms with van der Waals surface area (Å²) in [6.07, 6.45) is 6.59. The fourth-order valence-corrected chi connectivity index (χ4v) is 2.36. The van der Waals surface area contributed by atoms with Crippen molar-refractivity contribution in [3.8, 4) is 5.75 Å². The van der Waals surface area contributed by atoms with Crippen LogP contribution in [0.4, 0.5) is 0 Å². The number of aryl methyl sites for hydroxylation is 1. The first-order valence-electron chi connectivity index (χ1n) is 7.24. The van der Waals surface area contributed by atoms with Crippen molar-refractivity contribution < 1.29 is 4.74 Å². The minimum Gasteiger partial charge on any atom is -0.490 e. The van der Waals surface area contributed by atoms with Crippen molar-refractivity contribution in [3.05, 3.63) is 48.0 Å². The van der Waals surface area contributed by atoms with Gasteiger partial charge in [0.1, 0.15) is 5.75 Å². The van der Waals surface area contributed by atoms with Gasteiger partial charge < -0.3 is 14.6 Å². The largest absolute Gasteiger partial charge is 0.490 e. The van der Waals surface area contributed by atoms with Gasteiger partial charge in [0.2, 0.25) is 0 Å². The summed E-state index contributed by atoms with van der Waals surface area (Å²) in [6, 6.07) is 8.57. The fourth-order valence-electron chi connectivity index (χ4n) is 2.36. The van der Waals surface area contributed by atoms with Crippen LogP contribution >= 0.6 is 0 Å². The molecule has 1 aromatic heterocycles. The van der Waals surface area contributed by atoms with Crippen LogP contribution < -0.4 is 10.1 Å². The Bertz CT molecular complexity index is 557. The number of hydrogen-bond donors (Lipinski definition) is 1. The van der Waals surface area contributed by atoms with E-state index in [2.05, 4.69) is 46.1 Å². The van der Waals surface area contributed by atoms with Gasteiger partial charge in [-0.15, -0.1) is 0 Å².